The van der Waals surface area contributed by atoms with Crippen molar-refractivity contribution in [3.05, 3.63) is 187 Å². The van der Waals surface area contributed by atoms with E-state index in [-0.39, 0.29) is 4.90 Å². The molecule has 0 atom stereocenters. The van der Waals surface area contributed by atoms with Crippen molar-refractivity contribution in [1.29, 1.82) is 0 Å². The Morgan fingerprint density at radius 1 is 0.531 bits per heavy atom. The summed E-state index contributed by atoms with van der Waals surface area (Å²) in [5.74, 6) is -1.22. The van der Waals surface area contributed by atoms with Crippen molar-refractivity contribution in [2.45, 2.75) is 35.2 Å². The molecule has 0 N–H and O–H groups in total. The largest absolute Gasteiger partial charge is 0.346 e. The van der Waals surface area contributed by atoms with Crippen molar-refractivity contribution in [1.82, 2.24) is 0 Å². The fraction of sp³-hybridized carbons (Fsp3) is 0.0732. The molecule has 6 aromatic carbocycles. The summed E-state index contributed by atoms with van der Waals surface area (Å²) < 4.78 is 47.0. The van der Waals surface area contributed by atoms with Gasteiger partial charge >= 0.3 is 10.1 Å². The predicted molar refractivity (Wildman–Crippen MR) is 198 cm³/mol. The topological polar surface area (TPSA) is 61.8 Å². The van der Waals surface area contributed by atoms with E-state index in [2.05, 4.69) is 30.8 Å². The van der Waals surface area contributed by atoms with E-state index in [1.54, 1.807) is 56.3 Å². The van der Waals surface area contributed by atoms with Crippen LogP contribution >= 0.6 is 22.1 Å². The average Bonchev–Trinajstić information content (AvgIpc) is 3.16. The van der Waals surface area contributed by atoms with Crippen molar-refractivity contribution >= 4 is 38.3 Å². The van der Waals surface area contributed by atoms with Crippen LogP contribution in [0.4, 0.5) is 0 Å². The molecule has 6 rings (SSSR count). The molecule has 0 aliphatic rings. The van der Waals surface area contributed by atoms with Crippen molar-refractivity contribution in [2.24, 2.45) is 0 Å². The molecule has 0 saturated carbocycles. The van der Waals surface area contributed by atoms with Crippen LogP contribution in [0.15, 0.2) is 200 Å². The molecule has 0 aliphatic carbocycles. The minimum Gasteiger partial charge on any atom is -0.346 e. The summed E-state index contributed by atoms with van der Waals surface area (Å²) >= 11 is 1.68. The van der Waals surface area contributed by atoms with Gasteiger partial charge < -0.3 is 9.47 Å². The zero-order valence-electron chi connectivity index (χ0n) is 27.1. The van der Waals surface area contributed by atoms with Crippen molar-refractivity contribution < 1.29 is 21.5 Å². The zero-order chi connectivity index (χ0) is 34.3. The summed E-state index contributed by atoms with van der Waals surface area (Å²) in [5, 5.41) is 0. The van der Waals surface area contributed by atoms with Gasteiger partial charge in [-0.25, -0.2) is 3.63 Å². The van der Waals surface area contributed by atoms with E-state index in [9.17, 15) is 8.42 Å². The molecule has 6 aromatic rings. The minimum atomic E-state index is -4.25. The highest BCUT2D eigenvalue weighted by Crippen LogP contribution is 2.70. The number of methoxy groups -OCH3 is 2. The van der Waals surface area contributed by atoms with Crippen LogP contribution in [0.25, 0.3) is 6.08 Å². The van der Waals surface area contributed by atoms with Crippen LogP contribution in [0.3, 0.4) is 0 Å². The minimum absolute atomic E-state index is 0.0603. The Balaban J connectivity index is 1.45. The van der Waals surface area contributed by atoms with Crippen LogP contribution in [0.2, 0.25) is 0 Å². The molecular weight excluding hydrogens is 669 g/mol. The first-order valence-corrected chi connectivity index (χ1v) is 19.3. The fourth-order valence-electron chi connectivity index (χ4n) is 5.65. The highest BCUT2D eigenvalue weighted by Gasteiger charge is 2.40. The van der Waals surface area contributed by atoms with Crippen LogP contribution in [0.1, 0.15) is 16.7 Å². The first-order chi connectivity index (χ1) is 23.8. The second kappa shape index (κ2) is 15.0. The average molecular weight is 705 g/mol. The summed E-state index contributed by atoms with van der Waals surface area (Å²) in [6.07, 6.45) is 1.67. The third-order valence-electron chi connectivity index (χ3n) is 8.10. The third-order valence-corrected chi connectivity index (χ3v) is 14.3. The summed E-state index contributed by atoms with van der Waals surface area (Å²) in [6.45, 7) is 3.78. The molecule has 0 amide bonds. The Kier molecular flexibility index (Phi) is 10.6. The summed E-state index contributed by atoms with van der Waals surface area (Å²) in [6, 6.07) is 51.5. The van der Waals surface area contributed by atoms with Gasteiger partial charge in [0.05, 0.1) is 4.90 Å². The predicted octanol–water partition coefficient (Wildman–Crippen LogP) is 10.6. The maximum absolute atomic E-state index is 14.1. The summed E-state index contributed by atoms with van der Waals surface area (Å²) in [4.78, 5) is 4.45. The Morgan fingerprint density at radius 2 is 0.939 bits per heavy atom. The Labute approximate surface area is 294 Å². The summed E-state index contributed by atoms with van der Waals surface area (Å²) in [5.41, 5.74) is 2.36. The van der Waals surface area contributed by atoms with Crippen LogP contribution in [-0.2, 0) is 29.0 Å². The van der Waals surface area contributed by atoms with Gasteiger partial charge in [0, 0.05) is 49.8 Å². The van der Waals surface area contributed by atoms with Gasteiger partial charge in [-0.3, -0.25) is 0 Å². The van der Waals surface area contributed by atoms with E-state index in [4.69, 9.17) is 13.1 Å². The van der Waals surface area contributed by atoms with Gasteiger partial charge in [-0.1, -0.05) is 115 Å². The highest BCUT2D eigenvalue weighted by molar-refractivity contribution is 8.33. The molecule has 0 unspecified atom stereocenters. The van der Waals surface area contributed by atoms with Gasteiger partial charge in [0.25, 0.3) is 0 Å². The van der Waals surface area contributed by atoms with Gasteiger partial charge in [0.2, 0.25) is 5.79 Å². The van der Waals surface area contributed by atoms with Crippen LogP contribution in [-0.4, -0.2) is 22.6 Å². The standard InChI is InChI=1S/C41H36O5S3/c1-4-32-20-28-40(29-21-32)49(42,43)46-48(37-16-10-6-11-17-37,38-18-12-7-13-19-38)39-30-24-34(25-31-39)41(44-2,45-3)33-22-26-36(27-23-33)47-35-14-8-5-9-15-35/h4-31H,1H2,2-3H3. The Hall–Kier alpha value is -4.41. The fourth-order valence-corrected chi connectivity index (χ4v) is 11.7. The molecule has 0 aromatic heterocycles. The quantitative estimate of drug-likeness (QED) is 0.112. The number of ether oxygens (including phenoxy) is 2. The molecule has 0 aliphatic heterocycles. The molecule has 0 spiro atoms. The first-order valence-electron chi connectivity index (χ1n) is 15.5. The van der Waals surface area contributed by atoms with Crippen molar-refractivity contribution in [3.63, 3.8) is 0 Å². The van der Waals surface area contributed by atoms with Crippen LogP contribution < -0.4 is 0 Å². The van der Waals surface area contributed by atoms with Gasteiger partial charge in [-0.15, -0.1) is 0 Å². The van der Waals surface area contributed by atoms with Gasteiger partial charge in [-0.2, -0.15) is 8.42 Å². The number of hydrogen-bond donors (Lipinski definition) is 0. The molecule has 49 heavy (non-hydrogen) atoms. The smallest absolute Gasteiger partial charge is 0.307 e. The molecule has 0 fully saturated rings. The number of hydrogen-bond acceptors (Lipinski definition) is 6. The molecule has 0 radical (unpaired) electrons. The van der Waals surface area contributed by atoms with Crippen LogP contribution in [0.5, 0.6) is 0 Å². The highest BCUT2D eigenvalue weighted by atomic mass is 32.3. The molecule has 5 nitrogen and oxygen atoms in total. The lowest BCUT2D eigenvalue weighted by Crippen LogP contribution is -2.32. The molecule has 8 heteroatoms. The van der Waals surface area contributed by atoms with E-state index in [1.807, 2.05) is 115 Å². The molecular formula is C41H36O5S3. The monoisotopic (exact) mass is 704 g/mol. The second-order valence-electron chi connectivity index (χ2n) is 11.0. The Morgan fingerprint density at radius 3 is 1.41 bits per heavy atom. The lowest BCUT2D eigenvalue weighted by atomic mass is 9.97. The van der Waals surface area contributed by atoms with E-state index in [1.165, 1.54) is 0 Å². The van der Waals surface area contributed by atoms with E-state index >= 15 is 0 Å². The molecule has 0 saturated heterocycles. The normalized spacial score (nSPS) is 12.4. The van der Waals surface area contributed by atoms with E-state index in [0.717, 1.165) is 36.3 Å². The van der Waals surface area contributed by atoms with Gasteiger partial charge in [0.1, 0.15) is 0 Å². The molecule has 248 valence electrons. The summed E-state index contributed by atoms with van der Waals surface area (Å²) in [7, 11) is -3.85. The third kappa shape index (κ3) is 7.03. The first kappa shape index (κ1) is 34.5. The number of benzene rings is 6. The zero-order valence-corrected chi connectivity index (χ0v) is 29.6. The molecule has 0 bridgehead atoms. The second-order valence-corrected chi connectivity index (χ2v) is 16.6. The number of rotatable bonds is 13. The van der Waals surface area contributed by atoms with Crippen molar-refractivity contribution in [3.8, 4) is 0 Å². The maximum atomic E-state index is 14.1. The molecule has 0 heterocycles. The Bertz CT molecular complexity index is 2040. The maximum Gasteiger partial charge on any atom is 0.307 e. The van der Waals surface area contributed by atoms with Crippen molar-refractivity contribution in [2.75, 3.05) is 14.2 Å². The van der Waals surface area contributed by atoms with E-state index in [0.29, 0.717) is 4.90 Å². The van der Waals surface area contributed by atoms with E-state index < -0.39 is 26.2 Å². The van der Waals surface area contributed by atoms with Gasteiger partial charge in [0.15, 0.2) is 0 Å². The van der Waals surface area contributed by atoms with Crippen LogP contribution in [0, 0.1) is 0 Å². The lowest BCUT2D eigenvalue weighted by molar-refractivity contribution is -0.183. The SMILES string of the molecule is C=Cc1ccc(S(=O)(=O)OS(c2ccccc2)(c2ccccc2)c2ccc(C(OC)(OC)c3ccc(Sc4ccccc4)cc3)cc2)cc1. The lowest BCUT2D eigenvalue weighted by Gasteiger charge is -2.40. The van der Waals surface area contributed by atoms with Gasteiger partial charge in [-0.05, 0) is 88.7 Å².